The lowest BCUT2D eigenvalue weighted by Gasteiger charge is -2.21. The quantitative estimate of drug-likeness (QED) is 0.834. The number of carbonyl (C=O) groups is 1. The highest BCUT2D eigenvalue weighted by Crippen LogP contribution is 2.24. The number of hydrogen-bond acceptors (Lipinski definition) is 3. The summed E-state index contributed by atoms with van der Waals surface area (Å²) in [5.41, 5.74) is 4.28. The fraction of sp³-hybridized carbons (Fsp3) is 0.571. The maximum Gasteiger partial charge on any atom is 0.274 e. The molecule has 98 valence electrons. The predicted molar refractivity (Wildman–Crippen MR) is 70.6 cm³/mol. The van der Waals surface area contributed by atoms with Crippen LogP contribution in [0.4, 0.5) is 0 Å². The average Bonchev–Trinajstić information content (AvgIpc) is 2.83. The molecule has 1 aliphatic carbocycles. The molecule has 1 aromatic rings. The Labute approximate surface area is 107 Å². The fourth-order valence-electron chi connectivity index (χ4n) is 2.34. The van der Waals surface area contributed by atoms with Gasteiger partial charge in [-0.15, -0.1) is 0 Å². The monoisotopic (exact) mass is 248 g/mol. The van der Waals surface area contributed by atoms with Gasteiger partial charge in [-0.2, -0.15) is 5.10 Å². The first kappa shape index (κ1) is 12.9. The summed E-state index contributed by atoms with van der Waals surface area (Å²) in [6, 6.07) is 1.67. The van der Waals surface area contributed by atoms with Crippen LogP contribution in [0.2, 0.25) is 0 Å². The SMILES string of the molecule is CCC1CCC(=NNC(=O)c2ccoc2C)CC1. The summed E-state index contributed by atoms with van der Waals surface area (Å²) in [5.74, 6) is 1.27. The van der Waals surface area contributed by atoms with Crippen LogP contribution in [0.3, 0.4) is 0 Å². The molecular weight excluding hydrogens is 228 g/mol. The molecule has 1 N–H and O–H groups in total. The van der Waals surface area contributed by atoms with E-state index in [4.69, 9.17) is 4.42 Å². The van der Waals surface area contributed by atoms with Gasteiger partial charge in [-0.1, -0.05) is 13.3 Å². The van der Waals surface area contributed by atoms with Gasteiger partial charge in [0.25, 0.3) is 5.91 Å². The zero-order valence-corrected chi connectivity index (χ0v) is 11.0. The molecule has 4 nitrogen and oxygen atoms in total. The van der Waals surface area contributed by atoms with Crippen LogP contribution in [-0.4, -0.2) is 11.6 Å². The summed E-state index contributed by atoms with van der Waals surface area (Å²) in [5, 5.41) is 4.22. The van der Waals surface area contributed by atoms with Crippen molar-refractivity contribution < 1.29 is 9.21 Å². The van der Waals surface area contributed by atoms with E-state index in [1.807, 2.05) is 0 Å². The van der Waals surface area contributed by atoms with Gasteiger partial charge in [-0.05, 0) is 44.6 Å². The molecule has 0 saturated heterocycles. The van der Waals surface area contributed by atoms with Crippen molar-refractivity contribution in [3.63, 3.8) is 0 Å². The second kappa shape index (κ2) is 5.85. The Morgan fingerprint density at radius 2 is 2.22 bits per heavy atom. The van der Waals surface area contributed by atoms with E-state index in [0.29, 0.717) is 11.3 Å². The maximum absolute atomic E-state index is 11.8. The van der Waals surface area contributed by atoms with Crippen LogP contribution in [0.25, 0.3) is 0 Å². The first-order valence-electron chi connectivity index (χ1n) is 6.60. The van der Waals surface area contributed by atoms with Gasteiger partial charge in [-0.25, -0.2) is 5.43 Å². The van der Waals surface area contributed by atoms with E-state index in [1.54, 1.807) is 13.0 Å². The Morgan fingerprint density at radius 1 is 1.50 bits per heavy atom. The van der Waals surface area contributed by atoms with Crippen LogP contribution in [0.1, 0.15) is 55.1 Å². The highest BCUT2D eigenvalue weighted by Gasteiger charge is 2.16. The Balaban J connectivity index is 1.88. The molecule has 2 rings (SSSR count). The number of furan rings is 1. The van der Waals surface area contributed by atoms with E-state index in [9.17, 15) is 4.79 Å². The number of amides is 1. The molecule has 1 fully saturated rings. The lowest BCUT2D eigenvalue weighted by molar-refractivity contribution is 0.0953. The van der Waals surface area contributed by atoms with Gasteiger partial charge in [0.1, 0.15) is 5.76 Å². The van der Waals surface area contributed by atoms with Gasteiger partial charge < -0.3 is 4.42 Å². The molecule has 1 saturated carbocycles. The standard InChI is InChI=1S/C14H20N2O2/c1-3-11-4-6-12(7-5-11)15-16-14(17)13-8-9-18-10(13)2/h8-9,11H,3-7H2,1-2H3,(H,16,17). The molecule has 4 heteroatoms. The number of rotatable bonds is 3. The number of hydrazone groups is 1. The molecule has 18 heavy (non-hydrogen) atoms. The number of aryl methyl sites for hydroxylation is 1. The first-order chi connectivity index (χ1) is 8.70. The van der Waals surface area contributed by atoms with Crippen LogP contribution in [0, 0.1) is 12.8 Å². The minimum Gasteiger partial charge on any atom is -0.469 e. The van der Waals surface area contributed by atoms with Crippen LogP contribution in [-0.2, 0) is 0 Å². The second-order valence-corrected chi connectivity index (χ2v) is 4.86. The third-order valence-corrected chi connectivity index (χ3v) is 3.68. The van der Waals surface area contributed by atoms with Crippen molar-refractivity contribution in [2.75, 3.05) is 0 Å². The zero-order chi connectivity index (χ0) is 13.0. The van der Waals surface area contributed by atoms with Crippen LogP contribution >= 0.6 is 0 Å². The van der Waals surface area contributed by atoms with Crippen molar-refractivity contribution >= 4 is 11.6 Å². The molecule has 0 spiro atoms. The van der Waals surface area contributed by atoms with E-state index in [2.05, 4.69) is 17.5 Å². The fourth-order valence-corrected chi connectivity index (χ4v) is 2.34. The minimum absolute atomic E-state index is 0.189. The van der Waals surface area contributed by atoms with Crippen molar-refractivity contribution in [3.05, 3.63) is 23.7 Å². The topological polar surface area (TPSA) is 54.6 Å². The molecule has 1 aliphatic rings. The van der Waals surface area contributed by atoms with Gasteiger partial charge in [-0.3, -0.25) is 4.79 Å². The number of hydrogen-bond donors (Lipinski definition) is 1. The third-order valence-electron chi connectivity index (χ3n) is 3.68. The lowest BCUT2D eigenvalue weighted by Crippen LogP contribution is -2.22. The number of carbonyl (C=O) groups excluding carboxylic acids is 1. The van der Waals surface area contributed by atoms with Crippen molar-refractivity contribution in [1.29, 1.82) is 0 Å². The Morgan fingerprint density at radius 3 is 2.78 bits per heavy atom. The summed E-state index contributed by atoms with van der Waals surface area (Å²) < 4.78 is 5.10. The Bertz CT molecular complexity index is 438. The van der Waals surface area contributed by atoms with E-state index >= 15 is 0 Å². The summed E-state index contributed by atoms with van der Waals surface area (Å²) in [6.07, 6.45) is 7.15. The lowest BCUT2D eigenvalue weighted by atomic mass is 9.86. The molecule has 0 bridgehead atoms. The van der Waals surface area contributed by atoms with E-state index in [-0.39, 0.29) is 5.91 Å². The summed E-state index contributed by atoms with van der Waals surface area (Å²) in [6.45, 7) is 4.00. The highest BCUT2D eigenvalue weighted by molar-refractivity contribution is 5.96. The van der Waals surface area contributed by atoms with E-state index in [1.165, 1.54) is 25.5 Å². The number of nitrogens with one attached hydrogen (secondary N) is 1. The second-order valence-electron chi connectivity index (χ2n) is 4.86. The van der Waals surface area contributed by atoms with Crippen molar-refractivity contribution in [2.45, 2.75) is 46.0 Å². The largest absolute Gasteiger partial charge is 0.469 e. The van der Waals surface area contributed by atoms with Crippen molar-refractivity contribution in [2.24, 2.45) is 11.0 Å². The van der Waals surface area contributed by atoms with Gasteiger partial charge in [0.05, 0.1) is 11.8 Å². The van der Waals surface area contributed by atoms with E-state index < -0.39 is 0 Å². The maximum atomic E-state index is 11.8. The smallest absolute Gasteiger partial charge is 0.274 e. The molecule has 0 aromatic carbocycles. The van der Waals surface area contributed by atoms with Gasteiger partial charge in [0.2, 0.25) is 0 Å². The molecule has 0 radical (unpaired) electrons. The highest BCUT2D eigenvalue weighted by atomic mass is 16.3. The molecular formula is C14H20N2O2. The predicted octanol–water partition coefficient (Wildman–Crippen LogP) is 3.27. The zero-order valence-electron chi connectivity index (χ0n) is 11.0. The summed E-state index contributed by atoms with van der Waals surface area (Å²) in [7, 11) is 0. The molecule has 0 aliphatic heterocycles. The Hall–Kier alpha value is -1.58. The van der Waals surface area contributed by atoms with Crippen LogP contribution < -0.4 is 5.43 Å². The Kier molecular flexibility index (Phi) is 4.18. The van der Waals surface area contributed by atoms with Gasteiger partial charge in [0.15, 0.2) is 0 Å². The molecule has 1 amide bonds. The molecule has 1 heterocycles. The van der Waals surface area contributed by atoms with Crippen LogP contribution in [0.5, 0.6) is 0 Å². The molecule has 0 unspecified atom stereocenters. The van der Waals surface area contributed by atoms with Gasteiger partial charge >= 0.3 is 0 Å². The van der Waals surface area contributed by atoms with Crippen molar-refractivity contribution in [3.8, 4) is 0 Å². The molecule has 1 aromatic heterocycles. The van der Waals surface area contributed by atoms with Gasteiger partial charge in [0, 0.05) is 5.71 Å². The third kappa shape index (κ3) is 3.00. The normalized spacial score (nSPS) is 19.7. The van der Waals surface area contributed by atoms with Crippen LogP contribution in [0.15, 0.2) is 21.8 Å². The minimum atomic E-state index is -0.189. The van der Waals surface area contributed by atoms with Crippen molar-refractivity contribution in [1.82, 2.24) is 5.43 Å². The van der Waals surface area contributed by atoms with E-state index in [0.717, 1.165) is 24.5 Å². The summed E-state index contributed by atoms with van der Waals surface area (Å²) in [4.78, 5) is 11.8. The average molecular weight is 248 g/mol. The number of nitrogens with zero attached hydrogens (tertiary/aromatic N) is 1. The molecule has 0 atom stereocenters. The first-order valence-corrected chi connectivity index (χ1v) is 6.60. The summed E-state index contributed by atoms with van der Waals surface area (Å²) >= 11 is 0.